The molecule has 0 saturated carbocycles. The molecule has 0 radical (unpaired) electrons. The number of phenols is 1. The Morgan fingerprint density at radius 2 is 1.95 bits per heavy atom. The van der Waals surface area contributed by atoms with Crippen molar-refractivity contribution in [3.8, 4) is 35.4 Å². The van der Waals surface area contributed by atoms with Crippen LogP contribution in [0.3, 0.4) is 0 Å². The lowest BCUT2D eigenvalue weighted by Gasteiger charge is -2.36. The van der Waals surface area contributed by atoms with Gasteiger partial charge in [-0.05, 0) is 56.8 Å². The van der Waals surface area contributed by atoms with Crippen LogP contribution in [-0.4, -0.2) is 81.7 Å². The van der Waals surface area contributed by atoms with E-state index in [2.05, 4.69) is 20.8 Å². The van der Waals surface area contributed by atoms with Crippen LogP contribution in [0.5, 0.6) is 11.8 Å². The van der Waals surface area contributed by atoms with Gasteiger partial charge in [-0.25, -0.2) is 13.2 Å². The van der Waals surface area contributed by atoms with Crippen LogP contribution in [0.25, 0.3) is 32.9 Å². The highest BCUT2D eigenvalue weighted by Gasteiger charge is 2.49. The third-order valence-corrected chi connectivity index (χ3v) is 9.04. The summed E-state index contributed by atoms with van der Waals surface area (Å²) in [5.41, 5.74) is -0.587. The Balaban J connectivity index is 1.39. The molecule has 3 fully saturated rings. The van der Waals surface area contributed by atoms with E-state index in [-0.39, 0.29) is 58.3 Å². The van der Waals surface area contributed by atoms with Gasteiger partial charge in [-0.1, -0.05) is 12.0 Å². The molecule has 8 nitrogen and oxygen atoms in total. The molecule has 11 heteroatoms. The summed E-state index contributed by atoms with van der Waals surface area (Å²) in [6.45, 7) is 6.27. The van der Waals surface area contributed by atoms with Gasteiger partial charge in [-0.15, -0.1) is 6.42 Å². The molecule has 4 atom stereocenters. The molecule has 0 bridgehead atoms. The van der Waals surface area contributed by atoms with Gasteiger partial charge in [0.25, 0.3) is 0 Å². The van der Waals surface area contributed by atoms with Crippen molar-refractivity contribution in [1.82, 2.24) is 19.9 Å². The van der Waals surface area contributed by atoms with Crippen molar-refractivity contribution < 1.29 is 27.8 Å². The number of aromatic hydroxyl groups is 1. The fourth-order valence-corrected chi connectivity index (χ4v) is 7.27. The van der Waals surface area contributed by atoms with Crippen LogP contribution in [0.1, 0.15) is 38.7 Å². The van der Waals surface area contributed by atoms with Gasteiger partial charge in [0.1, 0.15) is 41.4 Å². The van der Waals surface area contributed by atoms with Crippen molar-refractivity contribution in [3.05, 3.63) is 47.7 Å². The average Bonchev–Trinajstić information content (AvgIpc) is 3.51. The number of alkyl halides is 1. The van der Waals surface area contributed by atoms with E-state index < -0.39 is 23.3 Å². The SMILES string of the molecule is C#Cc1c(F)ccc2cc(O)cc(-c3ncc4c(N5CC(C)OC(C)C5)nc(OCC56CCCN5CC(F)C6)nc4c3F)c12. The minimum absolute atomic E-state index is 0.0324. The van der Waals surface area contributed by atoms with E-state index in [1.807, 2.05) is 18.7 Å². The maximum atomic E-state index is 16.7. The first-order valence-corrected chi connectivity index (χ1v) is 14.9. The van der Waals surface area contributed by atoms with E-state index >= 15 is 4.39 Å². The number of ether oxygens (including phenoxy) is 2. The summed E-state index contributed by atoms with van der Waals surface area (Å²) >= 11 is 0. The molecule has 2 aromatic heterocycles. The molecule has 228 valence electrons. The summed E-state index contributed by atoms with van der Waals surface area (Å²) in [4.78, 5) is 17.8. The highest BCUT2D eigenvalue weighted by molar-refractivity contribution is 6.03. The number of aromatic nitrogens is 3. The minimum atomic E-state index is -0.927. The summed E-state index contributed by atoms with van der Waals surface area (Å²) < 4.78 is 58.0. The van der Waals surface area contributed by atoms with Crippen LogP contribution in [0.4, 0.5) is 19.0 Å². The lowest BCUT2D eigenvalue weighted by Crippen LogP contribution is -2.46. The van der Waals surface area contributed by atoms with E-state index in [0.29, 0.717) is 42.6 Å². The maximum absolute atomic E-state index is 16.7. The van der Waals surface area contributed by atoms with Crippen LogP contribution in [-0.2, 0) is 4.74 Å². The van der Waals surface area contributed by atoms with Crippen molar-refractivity contribution in [1.29, 1.82) is 0 Å². The first kappa shape index (κ1) is 28.6. The van der Waals surface area contributed by atoms with Crippen molar-refractivity contribution in [2.75, 3.05) is 37.7 Å². The predicted molar refractivity (Wildman–Crippen MR) is 161 cm³/mol. The standard InChI is InChI=1S/C33H32F3N5O3/c1-4-23-26(35)7-6-20-10-22(42)11-24(27(20)23)29-28(36)30-25(13-37-29)31(40-14-18(2)44-19(3)15-40)39-32(38-30)43-17-33-8-5-9-41(33)16-21(34)12-33/h1,6-7,10-11,13,18-19,21,42H,5,8-9,12,14-17H2,2-3H3. The first-order chi connectivity index (χ1) is 21.2. The molecule has 3 aliphatic rings. The molecule has 4 aromatic rings. The highest BCUT2D eigenvalue weighted by atomic mass is 19.1. The Kier molecular flexibility index (Phi) is 7.02. The van der Waals surface area contributed by atoms with E-state index in [1.54, 1.807) is 0 Å². The van der Waals surface area contributed by atoms with Crippen LogP contribution in [0, 0.1) is 24.0 Å². The fraction of sp³-hybridized carbons (Fsp3) is 0.424. The zero-order valence-electron chi connectivity index (χ0n) is 24.5. The number of benzene rings is 2. The van der Waals surface area contributed by atoms with E-state index in [9.17, 15) is 13.9 Å². The Bertz CT molecular complexity index is 1820. The zero-order valence-corrected chi connectivity index (χ0v) is 24.5. The van der Waals surface area contributed by atoms with Gasteiger partial charge in [0.2, 0.25) is 0 Å². The summed E-state index contributed by atoms with van der Waals surface area (Å²) in [6.07, 6.45) is 8.12. The number of phenolic OH excluding ortho intramolecular Hbond substituents is 1. The van der Waals surface area contributed by atoms with Gasteiger partial charge < -0.3 is 19.5 Å². The Labute approximate surface area is 252 Å². The van der Waals surface area contributed by atoms with Crippen molar-refractivity contribution >= 4 is 27.5 Å². The third kappa shape index (κ3) is 4.77. The summed E-state index contributed by atoms with van der Waals surface area (Å²) in [5, 5.41) is 11.5. The second-order valence-corrected chi connectivity index (χ2v) is 12.2. The molecular formula is C33H32F3N5O3. The number of pyridine rings is 1. The number of halogens is 3. The van der Waals surface area contributed by atoms with Gasteiger partial charge in [0, 0.05) is 43.2 Å². The number of hydrogen-bond acceptors (Lipinski definition) is 8. The average molecular weight is 604 g/mol. The Morgan fingerprint density at radius 1 is 1.16 bits per heavy atom. The van der Waals surface area contributed by atoms with Crippen LogP contribution >= 0.6 is 0 Å². The van der Waals surface area contributed by atoms with Crippen molar-refractivity contribution in [3.63, 3.8) is 0 Å². The number of rotatable bonds is 5. The first-order valence-electron chi connectivity index (χ1n) is 14.9. The van der Waals surface area contributed by atoms with Gasteiger partial charge in [-0.2, -0.15) is 9.97 Å². The molecule has 3 aliphatic heterocycles. The molecule has 2 aromatic carbocycles. The molecule has 4 unspecified atom stereocenters. The molecule has 7 rings (SSSR count). The Morgan fingerprint density at radius 3 is 2.73 bits per heavy atom. The third-order valence-electron chi connectivity index (χ3n) is 9.04. The lowest BCUT2D eigenvalue weighted by atomic mass is 9.95. The maximum Gasteiger partial charge on any atom is 0.319 e. The minimum Gasteiger partial charge on any atom is -0.508 e. The summed E-state index contributed by atoms with van der Waals surface area (Å²) in [5.74, 6) is 1.20. The molecule has 0 spiro atoms. The predicted octanol–water partition coefficient (Wildman–Crippen LogP) is 5.38. The van der Waals surface area contributed by atoms with Crippen LogP contribution in [0.15, 0.2) is 30.5 Å². The van der Waals surface area contributed by atoms with Gasteiger partial charge in [-0.3, -0.25) is 9.88 Å². The molecule has 1 N–H and O–H groups in total. The second kappa shape index (κ2) is 10.8. The molecule has 44 heavy (non-hydrogen) atoms. The monoisotopic (exact) mass is 603 g/mol. The number of morpholine rings is 1. The Hall–Kier alpha value is -4.14. The lowest BCUT2D eigenvalue weighted by molar-refractivity contribution is -0.00542. The highest BCUT2D eigenvalue weighted by Crippen LogP contribution is 2.42. The van der Waals surface area contributed by atoms with Crippen LogP contribution < -0.4 is 9.64 Å². The molecule has 0 amide bonds. The number of hydrogen-bond donors (Lipinski definition) is 1. The van der Waals surface area contributed by atoms with E-state index in [1.165, 1.54) is 30.5 Å². The number of nitrogens with zero attached hydrogens (tertiary/aromatic N) is 5. The molecule has 3 saturated heterocycles. The summed E-state index contributed by atoms with van der Waals surface area (Å²) in [7, 11) is 0. The number of anilines is 1. The quantitative estimate of drug-likeness (QED) is 0.305. The number of terminal acetylenes is 1. The van der Waals surface area contributed by atoms with Crippen LogP contribution in [0.2, 0.25) is 0 Å². The van der Waals surface area contributed by atoms with E-state index in [0.717, 1.165) is 19.4 Å². The topological polar surface area (TPSA) is 83.8 Å². The smallest absolute Gasteiger partial charge is 0.319 e. The van der Waals surface area contributed by atoms with Crippen molar-refractivity contribution in [2.45, 2.75) is 57.0 Å². The van der Waals surface area contributed by atoms with E-state index in [4.69, 9.17) is 20.9 Å². The fourth-order valence-electron chi connectivity index (χ4n) is 7.27. The molecular weight excluding hydrogens is 571 g/mol. The van der Waals surface area contributed by atoms with Gasteiger partial charge >= 0.3 is 6.01 Å². The van der Waals surface area contributed by atoms with Gasteiger partial charge in [0.15, 0.2) is 5.82 Å². The number of fused-ring (bicyclic) bond motifs is 3. The second-order valence-electron chi connectivity index (χ2n) is 12.2. The van der Waals surface area contributed by atoms with Crippen molar-refractivity contribution in [2.24, 2.45) is 0 Å². The zero-order chi connectivity index (χ0) is 30.7. The largest absolute Gasteiger partial charge is 0.508 e. The molecule has 5 heterocycles. The normalized spacial score (nSPS) is 25.5. The summed E-state index contributed by atoms with van der Waals surface area (Å²) in [6, 6.07) is 5.39. The van der Waals surface area contributed by atoms with Gasteiger partial charge in [0.05, 0.1) is 28.7 Å². The molecule has 0 aliphatic carbocycles.